The second-order valence-electron chi connectivity index (χ2n) is 4.08. The molecule has 0 aromatic heterocycles. The monoisotopic (exact) mass is 290 g/mol. The molecule has 0 spiro atoms. The summed E-state index contributed by atoms with van der Waals surface area (Å²) in [7, 11) is -2.34. The Kier molecular flexibility index (Phi) is 4.84. The molecule has 0 bridgehead atoms. The van der Waals surface area contributed by atoms with Crippen molar-refractivity contribution in [1.82, 2.24) is 0 Å². The first kappa shape index (κ1) is 15.4. The van der Waals surface area contributed by atoms with Crippen molar-refractivity contribution in [2.75, 3.05) is 18.5 Å². The fourth-order valence-electron chi connectivity index (χ4n) is 1.56. The Morgan fingerprint density at radius 3 is 2.58 bits per heavy atom. The summed E-state index contributed by atoms with van der Waals surface area (Å²) in [5.74, 6) is -1.64. The molecule has 0 radical (unpaired) electrons. The summed E-state index contributed by atoms with van der Waals surface area (Å²) in [6.07, 6.45) is 0.351. The first-order chi connectivity index (χ1) is 8.71. The molecule has 8 heteroatoms. The van der Waals surface area contributed by atoms with Crippen LogP contribution in [-0.4, -0.2) is 33.1 Å². The van der Waals surface area contributed by atoms with Gasteiger partial charge in [-0.15, -0.1) is 0 Å². The maximum Gasteiger partial charge on any atom is 0.303 e. The summed E-state index contributed by atoms with van der Waals surface area (Å²) < 4.78 is 35.8. The number of hydrogen-bond acceptors (Lipinski definition) is 4. The predicted octanol–water partition coefficient (Wildman–Crippen LogP) is 0.774. The van der Waals surface area contributed by atoms with Crippen LogP contribution in [0.4, 0.5) is 10.1 Å². The van der Waals surface area contributed by atoms with E-state index in [9.17, 15) is 17.6 Å². The zero-order valence-electron chi connectivity index (χ0n) is 10.3. The average Bonchev–Trinajstić information content (AvgIpc) is 2.26. The molecular formula is C11H15FN2O4S. The fourth-order valence-corrected chi connectivity index (χ4v) is 2.09. The zero-order chi connectivity index (χ0) is 14.6. The maximum absolute atomic E-state index is 13.7. The molecule has 106 valence electrons. The van der Waals surface area contributed by atoms with E-state index in [0.29, 0.717) is 13.0 Å². The highest BCUT2D eigenvalue weighted by molar-refractivity contribution is 7.89. The molecule has 0 heterocycles. The van der Waals surface area contributed by atoms with Crippen LogP contribution in [0.5, 0.6) is 0 Å². The number of carbonyl (C=O) groups is 1. The average molecular weight is 290 g/mol. The van der Waals surface area contributed by atoms with Crippen molar-refractivity contribution in [2.24, 2.45) is 5.14 Å². The van der Waals surface area contributed by atoms with E-state index in [1.807, 2.05) is 0 Å². The van der Waals surface area contributed by atoms with Gasteiger partial charge in [0.1, 0.15) is 5.82 Å². The Bertz CT molecular complexity index is 574. The lowest BCUT2D eigenvalue weighted by Gasteiger charge is -2.19. The van der Waals surface area contributed by atoms with Gasteiger partial charge in [-0.1, -0.05) is 0 Å². The summed E-state index contributed by atoms with van der Waals surface area (Å²) in [5, 5.41) is 13.4. The predicted molar refractivity (Wildman–Crippen MR) is 67.9 cm³/mol. The molecule has 0 atom stereocenters. The van der Waals surface area contributed by atoms with Crippen LogP contribution in [0.1, 0.15) is 12.8 Å². The second kappa shape index (κ2) is 5.98. The number of carboxylic acid groups (broad SMARTS) is 1. The number of benzene rings is 1. The number of halogens is 1. The standard InChI is InChI=1S/C11H15FN2O4S/c1-14(6-2-3-11(15)16)10-5-4-8(7-9(10)12)19(13,17)18/h4-5,7H,2-3,6H2,1H3,(H,15,16)(H2,13,17,18). The molecule has 19 heavy (non-hydrogen) atoms. The van der Waals surface area contributed by atoms with Crippen LogP contribution in [0.25, 0.3) is 0 Å². The van der Waals surface area contributed by atoms with Crippen molar-refractivity contribution in [3.05, 3.63) is 24.0 Å². The van der Waals surface area contributed by atoms with Crippen LogP contribution < -0.4 is 10.0 Å². The van der Waals surface area contributed by atoms with Crippen molar-refractivity contribution in [3.8, 4) is 0 Å². The van der Waals surface area contributed by atoms with Crippen LogP contribution in [-0.2, 0) is 14.8 Å². The van der Waals surface area contributed by atoms with Gasteiger partial charge in [0.15, 0.2) is 0 Å². The van der Waals surface area contributed by atoms with Gasteiger partial charge < -0.3 is 10.0 Å². The van der Waals surface area contributed by atoms with Gasteiger partial charge in [-0.25, -0.2) is 17.9 Å². The number of carboxylic acids is 1. The molecule has 0 saturated heterocycles. The first-order valence-corrected chi connectivity index (χ1v) is 7.01. The van der Waals surface area contributed by atoms with Crippen LogP contribution in [0.3, 0.4) is 0 Å². The molecule has 0 aliphatic rings. The number of aliphatic carboxylic acids is 1. The summed E-state index contributed by atoms with van der Waals surface area (Å²) in [4.78, 5) is 11.6. The molecule has 0 aliphatic heterocycles. The van der Waals surface area contributed by atoms with Gasteiger partial charge in [0.2, 0.25) is 10.0 Å². The number of nitrogens with zero attached hydrogens (tertiary/aromatic N) is 1. The molecule has 6 nitrogen and oxygen atoms in total. The van der Waals surface area contributed by atoms with E-state index in [1.54, 1.807) is 7.05 Å². The number of anilines is 1. The van der Waals surface area contributed by atoms with Gasteiger partial charge in [-0.05, 0) is 24.6 Å². The molecule has 1 aromatic rings. The van der Waals surface area contributed by atoms with Gasteiger partial charge >= 0.3 is 5.97 Å². The Labute approximate surface area is 110 Å². The van der Waals surface area contributed by atoms with Crippen LogP contribution >= 0.6 is 0 Å². The Balaban J connectivity index is 2.82. The number of rotatable bonds is 6. The quantitative estimate of drug-likeness (QED) is 0.806. The third kappa shape index (κ3) is 4.49. The molecule has 0 amide bonds. The summed E-state index contributed by atoms with van der Waals surface area (Å²) >= 11 is 0. The van der Waals surface area contributed by atoms with Crippen molar-refractivity contribution >= 4 is 21.7 Å². The van der Waals surface area contributed by atoms with Gasteiger partial charge in [0.05, 0.1) is 10.6 Å². The minimum atomic E-state index is -3.93. The number of sulfonamides is 1. The molecule has 0 aliphatic carbocycles. The van der Waals surface area contributed by atoms with Gasteiger partial charge in [-0.3, -0.25) is 4.79 Å². The topological polar surface area (TPSA) is 101 Å². The molecule has 0 saturated carbocycles. The highest BCUT2D eigenvalue weighted by Crippen LogP contribution is 2.21. The summed E-state index contributed by atoms with van der Waals surface area (Å²) in [6, 6.07) is 3.36. The van der Waals surface area contributed by atoms with Crippen LogP contribution in [0, 0.1) is 5.82 Å². The zero-order valence-corrected chi connectivity index (χ0v) is 11.2. The van der Waals surface area contributed by atoms with E-state index in [2.05, 4.69) is 0 Å². The Morgan fingerprint density at radius 1 is 1.47 bits per heavy atom. The first-order valence-electron chi connectivity index (χ1n) is 5.47. The fraction of sp³-hybridized carbons (Fsp3) is 0.364. The highest BCUT2D eigenvalue weighted by Gasteiger charge is 2.13. The lowest BCUT2D eigenvalue weighted by Crippen LogP contribution is -2.21. The summed E-state index contributed by atoms with van der Waals surface area (Å²) in [5.41, 5.74) is 0.192. The van der Waals surface area contributed by atoms with E-state index in [0.717, 1.165) is 6.07 Å². The largest absolute Gasteiger partial charge is 0.481 e. The molecule has 1 aromatic carbocycles. The second-order valence-corrected chi connectivity index (χ2v) is 5.64. The van der Waals surface area contributed by atoms with Gasteiger partial charge in [0.25, 0.3) is 0 Å². The molecule has 1 rings (SSSR count). The minimum absolute atomic E-state index is 0.0127. The minimum Gasteiger partial charge on any atom is -0.481 e. The van der Waals surface area contributed by atoms with E-state index in [1.165, 1.54) is 17.0 Å². The van der Waals surface area contributed by atoms with Crippen molar-refractivity contribution < 1.29 is 22.7 Å². The van der Waals surface area contributed by atoms with Crippen LogP contribution in [0.15, 0.2) is 23.1 Å². The van der Waals surface area contributed by atoms with Gasteiger partial charge in [0, 0.05) is 20.0 Å². The number of primary sulfonamides is 1. The van der Waals surface area contributed by atoms with Crippen molar-refractivity contribution in [1.29, 1.82) is 0 Å². The number of nitrogens with two attached hydrogens (primary N) is 1. The third-order valence-corrected chi connectivity index (χ3v) is 3.45. The van der Waals surface area contributed by atoms with E-state index < -0.39 is 21.8 Å². The van der Waals surface area contributed by atoms with Crippen LogP contribution in [0.2, 0.25) is 0 Å². The summed E-state index contributed by atoms with van der Waals surface area (Å²) in [6.45, 7) is 0.345. The third-order valence-electron chi connectivity index (χ3n) is 2.54. The molecule has 0 unspecified atom stereocenters. The van der Waals surface area contributed by atoms with Crippen molar-refractivity contribution in [2.45, 2.75) is 17.7 Å². The SMILES string of the molecule is CN(CCCC(=O)O)c1ccc(S(N)(=O)=O)cc1F. The lowest BCUT2D eigenvalue weighted by molar-refractivity contribution is -0.137. The smallest absolute Gasteiger partial charge is 0.303 e. The van der Waals surface area contributed by atoms with Crippen molar-refractivity contribution in [3.63, 3.8) is 0 Å². The number of hydrogen-bond donors (Lipinski definition) is 2. The van der Waals surface area contributed by atoms with E-state index in [4.69, 9.17) is 10.2 Å². The lowest BCUT2D eigenvalue weighted by atomic mass is 10.2. The van der Waals surface area contributed by atoms with Gasteiger partial charge in [-0.2, -0.15) is 0 Å². The molecular weight excluding hydrogens is 275 g/mol. The maximum atomic E-state index is 13.7. The highest BCUT2D eigenvalue weighted by atomic mass is 32.2. The van der Waals surface area contributed by atoms with E-state index >= 15 is 0 Å². The Morgan fingerprint density at radius 2 is 2.11 bits per heavy atom. The normalized spacial score (nSPS) is 11.3. The molecule has 3 N–H and O–H groups in total. The van der Waals surface area contributed by atoms with E-state index in [-0.39, 0.29) is 17.0 Å². The Hall–Kier alpha value is -1.67. The molecule has 0 fully saturated rings.